The summed E-state index contributed by atoms with van der Waals surface area (Å²) in [5.41, 5.74) is 0.658. The monoisotopic (exact) mass is 258 g/mol. The Balaban J connectivity index is 2.25. The quantitative estimate of drug-likeness (QED) is 0.877. The van der Waals surface area contributed by atoms with Crippen LogP contribution in [0.3, 0.4) is 0 Å². The van der Waals surface area contributed by atoms with Crippen LogP contribution in [0.1, 0.15) is 24.5 Å². The third kappa shape index (κ3) is 2.70. The zero-order chi connectivity index (χ0) is 11.5. The van der Waals surface area contributed by atoms with Gasteiger partial charge in [0.2, 0.25) is 0 Å². The molecule has 0 amide bonds. The Hall–Kier alpha value is -0.700. The van der Waals surface area contributed by atoms with E-state index >= 15 is 0 Å². The first kappa shape index (κ1) is 11.8. The molecule has 16 heavy (non-hydrogen) atoms. The highest BCUT2D eigenvalue weighted by Gasteiger charge is 2.17. The molecule has 0 bridgehead atoms. The molecule has 1 aromatic carbocycles. The lowest BCUT2D eigenvalue weighted by Gasteiger charge is -2.20. The van der Waals surface area contributed by atoms with Crippen LogP contribution in [0, 0.1) is 0 Å². The average Bonchev–Trinajstić information content (AvgIpc) is 2.28. The van der Waals surface area contributed by atoms with Crippen molar-refractivity contribution >= 4 is 23.2 Å². The maximum Gasteiger partial charge on any atom is 0.136 e. The molecule has 1 aliphatic heterocycles. The van der Waals surface area contributed by atoms with Gasteiger partial charge in [-0.05, 0) is 42.7 Å². The van der Waals surface area contributed by atoms with Crippen molar-refractivity contribution in [3.8, 4) is 0 Å². The Kier molecular flexibility index (Phi) is 3.74. The molecule has 4 heteroatoms. The number of benzene rings is 1. The second kappa shape index (κ2) is 5.09. The van der Waals surface area contributed by atoms with E-state index in [9.17, 15) is 5.11 Å². The van der Waals surface area contributed by atoms with E-state index in [2.05, 4.69) is 0 Å². The summed E-state index contributed by atoms with van der Waals surface area (Å²) >= 11 is 11.8. The molecule has 0 aromatic heterocycles. The van der Waals surface area contributed by atoms with E-state index in [-0.39, 0.29) is 0 Å². The first-order valence-electron chi connectivity index (χ1n) is 5.14. The topological polar surface area (TPSA) is 29.5 Å². The van der Waals surface area contributed by atoms with Crippen molar-refractivity contribution in [2.45, 2.75) is 18.9 Å². The first-order valence-corrected chi connectivity index (χ1v) is 5.89. The number of aliphatic hydroxyl groups is 1. The van der Waals surface area contributed by atoms with Gasteiger partial charge in [-0.25, -0.2) is 0 Å². The summed E-state index contributed by atoms with van der Waals surface area (Å²) in [7, 11) is 0. The standard InChI is InChI=1S/C12H12Cl2O2/c13-9-5-8(6-10(14)7-9)12(15)11-3-1-2-4-16-11/h3,5-7,12,15H,1-2,4H2. The van der Waals surface area contributed by atoms with Crippen molar-refractivity contribution in [3.63, 3.8) is 0 Å². The molecule has 1 unspecified atom stereocenters. The molecule has 0 aliphatic carbocycles. The first-order chi connectivity index (χ1) is 7.66. The Labute approximate surface area is 104 Å². The van der Waals surface area contributed by atoms with Crippen molar-refractivity contribution in [2.24, 2.45) is 0 Å². The van der Waals surface area contributed by atoms with E-state index in [0.717, 1.165) is 12.8 Å². The lowest BCUT2D eigenvalue weighted by atomic mass is 10.1. The third-order valence-corrected chi connectivity index (χ3v) is 2.87. The van der Waals surface area contributed by atoms with E-state index in [1.54, 1.807) is 18.2 Å². The lowest BCUT2D eigenvalue weighted by Crippen LogP contribution is -2.09. The summed E-state index contributed by atoms with van der Waals surface area (Å²) in [4.78, 5) is 0. The van der Waals surface area contributed by atoms with E-state index in [0.29, 0.717) is 28.0 Å². The van der Waals surface area contributed by atoms with Crippen LogP contribution in [0.2, 0.25) is 10.0 Å². The molecule has 1 N–H and O–H groups in total. The number of ether oxygens (including phenoxy) is 1. The van der Waals surface area contributed by atoms with Gasteiger partial charge in [0.05, 0.1) is 6.61 Å². The molecule has 1 aromatic rings. The maximum absolute atomic E-state index is 10.1. The highest BCUT2D eigenvalue weighted by atomic mass is 35.5. The van der Waals surface area contributed by atoms with Crippen LogP contribution in [0.5, 0.6) is 0 Å². The zero-order valence-electron chi connectivity index (χ0n) is 8.62. The molecule has 86 valence electrons. The van der Waals surface area contributed by atoms with Crippen LogP contribution in [-0.4, -0.2) is 11.7 Å². The lowest BCUT2D eigenvalue weighted by molar-refractivity contribution is 0.0918. The molecule has 0 spiro atoms. The maximum atomic E-state index is 10.1. The van der Waals surface area contributed by atoms with Gasteiger partial charge in [0, 0.05) is 10.0 Å². The Bertz CT molecular complexity index is 395. The number of allylic oxidation sites excluding steroid dienone is 1. The Morgan fingerprint density at radius 2 is 1.88 bits per heavy atom. The SMILES string of the molecule is OC(C1=CCCCO1)c1cc(Cl)cc(Cl)c1. The predicted octanol–water partition coefficient (Wildman–Crippen LogP) is 3.72. The van der Waals surface area contributed by atoms with Gasteiger partial charge in [-0.3, -0.25) is 0 Å². The fourth-order valence-electron chi connectivity index (χ4n) is 1.66. The van der Waals surface area contributed by atoms with Crippen LogP contribution < -0.4 is 0 Å². The molecule has 2 nitrogen and oxygen atoms in total. The van der Waals surface area contributed by atoms with E-state index in [1.165, 1.54) is 0 Å². The number of rotatable bonds is 2. The number of aliphatic hydroxyl groups excluding tert-OH is 1. The van der Waals surface area contributed by atoms with Crippen LogP contribution in [0.4, 0.5) is 0 Å². The molecule has 0 saturated heterocycles. The van der Waals surface area contributed by atoms with E-state index in [1.807, 2.05) is 6.08 Å². The minimum Gasteiger partial charge on any atom is -0.495 e. The zero-order valence-corrected chi connectivity index (χ0v) is 10.1. The van der Waals surface area contributed by atoms with Gasteiger partial charge in [-0.15, -0.1) is 0 Å². The van der Waals surface area contributed by atoms with Crippen molar-refractivity contribution in [1.29, 1.82) is 0 Å². The normalized spacial score (nSPS) is 17.6. The molecule has 0 saturated carbocycles. The fraction of sp³-hybridized carbons (Fsp3) is 0.333. The molecular weight excluding hydrogens is 247 g/mol. The van der Waals surface area contributed by atoms with Gasteiger partial charge in [0.15, 0.2) is 0 Å². The average molecular weight is 259 g/mol. The van der Waals surface area contributed by atoms with Crippen molar-refractivity contribution < 1.29 is 9.84 Å². The molecule has 1 heterocycles. The largest absolute Gasteiger partial charge is 0.495 e. The Morgan fingerprint density at radius 1 is 1.19 bits per heavy atom. The van der Waals surface area contributed by atoms with Gasteiger partial charge in [-0.1, -0.05) is 23.2 Å². The van der Waals surface area contributed by atoms with Gasteiger partial charge in [0.1, 0.15) is 11.9 Å². The van der Waals surface area contributed by atoms with Crippen molar-refractivity contribution in [1.82, 2.24) is 0 Å². The van der Waals surface area contributed by atoms with Gasteiger partial charge in [-0.2, -0.15) is 0 Å². The summed E-state index contributed by atoms with van der Waals surface area (Å²) in [5.74, 6) is 0.588. The molecule has 0 radical (unpaired) electrons. The molecule has 2 rings (SSSR count). The van der Waals surface area contributed by atoms with E-state index < -0.39 is 6.10 Å². The minimum absolute atomic E-state index is 0.512. The second-order valence-corrected chi connectivity index (χ2v) is 4.58. The summed E-state index contributed by atoms with van der Waals surface area (Å²) in [6, 6.07) is 5.02. The minimum atomic E-state index is -0.781. The third-order valence-electron chi connectivity index (χ3n) is 2.43. The predicted molar refractivity (Wildman–Crippen MR) is 64.7 cm³/mol. The molecular formula is C12H12Cl2O2. The van der Waals surface area contributed by atoms with Gasteiger partial charge < -0.3 is 9.84 Å². The number of hydrogen-bond acceptors (Lipinski definition) is 2. The van der Waals surface area contributed by atoms with Crippen LogP contribution in [0.25, 0.3) is 0 Å². The van der Waals surface area contributed by atoms with Crippen LogP contribution in [-0.2, 0) is 4.74 Å². The number of halogens is 2. The fourth-order valence-corrected chi connectivity index (χ4v) is 2.21. The summed E-state index contributed by atoms with van der Waals surface area (Å²) in [6.45, 7) is 0.650. The Morgan fingerprint density at radius 3 is 2.44 bits per heavy atom. The molecule has 1 aliphatic rings. The van der Waals surface area contributed by atoms with Crippen LogP contribution >= 0.6 is 23.2 Å². The number of hydrogen-bond donors (Lipinski definition) is 1. The van der Waals surface area contributed by atoms with Crippen molar-refractivity contribution in [3.05, 3.63) is 45.6 Å². The highest BCUT2D eigenvalue weighted by molar-refractivity contribution is 6.34. The van der Waals surface area contributed by atoms with Crippen LogP contribution in [0.15, 0.2) is 30.0 Å². The smallest absolute Gasteiger partial charge is 0.136 e. The molecule has 0 fully saturated rings. The van der Waals surface area contributed by atoms with Gasteiger partial charge in [0.25, 0.3) is 0 Å². The van der Waals surface area contributed by atoms with E-state index in [4.69, 9.17) is 27.9 Å². The summed E-state index contributed by atoms with van der Waals surface area (Å²) in [6.07, 6.45) is 3.05. The van der Waals surface area contributed by atoms with Gasteiger partial charge >= 0.3 is 0 Å². The summed E-state index contributed by atoms with van der Waals surface area (Å²) < 4.78 is 5.40. The molecule has 1 atom stereocenters. The highest BCUT2D eigenvalue weighted by Crippen LogP contribution is 2.29. The second-order valence-electron chi connectivity index (χ2n) is 3.70. The summed E-state index contributed by atoms with van der Waals surface area (Å²) in [5, 5.41) is 11.1. The van der Waals surface area contributed by atoms with Crippen molar-refractivity contribution in [2.75, 3.05) is 6.61 Å².